The van der Waals surface area contributed by atoms with E-state index in [-0.39, 0.29) is 36.4 Å². The molecule has 3 aromatic carbocycles. The maximum atomic E-state index is 13.6. The minimum absolute atomic E-state index is 0.0998. The van der Waals surface area contributed by atoms with Gasteiger partial charge in [-0.05, 0) is 60.5 Å². The predicted octanol–water partition coefficient (Wildman–Crippen LogP) is 6.90. The van der Waals surface area contributed by atoms with Gasteiger partial charge < -0.3 is 24.3 Å². The summed E-state index contributed by atoms with van der Waals surface area (Å²) in [5.74, 6) is -0.738. The smallest absolute Gasteiger partial charge is 0.434 e. The number of halogens is 1. The van der Waals surface area contributed by atoms with E-state index in [0.717, 1.165) is 22.0 Å². The van der Waals surface area contributed by atoms with Gasteiger partial charge in [0.05, 0.1) is 25.0 Å². The van der Waals surface area contributed by atoms with Crippen LogP contribution in [0, 0.1) is 5.82 Å². The van der Waals surface area contributed by atoms with E-state index in [1.807, 2.05) is 62.4 Å². The molecule has 0 saturated heterocycles. The highest BCUT2D eigenvalue weighted by molar-refractivity contribution is 5.99. The Labute approximate surface area is 255 Å². The summed E-state index contributed by atoms with van der Waals surface area (Å²) in [5, 5.41) is 0.807. The zero-order valence-corrected chi connectivity index (χ0v) is 25.4. The van der Waals surface area contributed by atoms with Gasteiger partial charge in [0.2, 0.25) is 0 Å². The van der Waals surface area contributed by atoms with Crippen molar-refractivity contribution in [3.63, 3.8) is 0 Å². The first kappa shape index (κ1) is 30.3. The zero-order valence-electron chi connectivity index (χ0n) is 25.4. The van der Waals surface area contributed by atoms with Gasteiger partial charge in [0.25, 0.3) is 5.91 Å². The van der Waals surface area contributed by atoms with Crippen molar-refractivity contribution in [2.75, 3.05) is 32.1 Å². The van der Waals surface area contributed by atoms with Crippen LogP contribution in [0.25, 0.3) is 16.7 Å². The van der Waals surface area contributed by atoms with Crippen molar-refractivity contribution < 1.29 is 28.2 Å². The van der Waals surface area contributed by atoms with Gasteiger partial charge in [0.1, 0.15) is 5.82 Å². The van der Waals surface area contributed by atoms with Gasteiger partial charge in [-0.25, -0.2) is 14.0 Å². The normalized spacial score (nSPS) is 13.9. The van der Waals surface area contributed by atoms with E-state index in [1.165, 1.54) is 40.3 Å². The predicted molar refractivity (Wildman–Crippen MR) is 167 cm³/mol. The highest BCUT2D eigenvalue weighted by Gasteiger charge is 2.37. The van der Waals surface area contributed by atoms with Crippen molar-refractivity contribution in [2.45, 2.75) is 32.7 Å². The van der Waals surface area contributed by atoms with E-state index >= 15 is 0 Å². The number of hydrogen-bond donors (Lipinski definition) is 1. The second-order valence-electron chi connectivity index (χ2n) is 11.5. The number of benzene rings is 3. The second kappa shape index (κ2) is 12.2. The summed E-state index contributed by atoms with van der Waals surface area (Å²) in [6.45, 7) is 6.33. The molecule has 5 rings (SSSR count). The number of amides is 3. The number of fused-ring (bicyclic) bond motifs is 3. The summed E-state index contributed by atoms with van der Waals surface area (Å²) in [6, 6.07) is 20.5. The molecule has 1 aromatic heterocycles. The highest BCUT2D eigenvalue weighted by Crippen LogP contribution is 2.42. The Morgan fingerprint density at radius 2 is 1.70 bits per heavy atom. The third-order valence-corrected chi connectivity index (χ3v) is 7.46. The lowest BCUT2D eigenvalue weighted by Gasteiger charge is -2.30. The molecule has 0 aliphatic carbocycles. The number of hydrogen-bond acceptors (Lipinski definition) is 5. The van der Waals surface area contributed by atoms with Gasteiger partial charge in [0, 0.05) is 48.2 Å². The number of aromatic amines is 1. The molecular formula is C34H35FN4O5. The van der Waals surface area contributed by atoms with Crippen LogP contribution >= 0.6 is 0 Å². The topological polar surface area (TPSA) is 95.2 Å². The molecule has 0 spiro atoms. The number of nitrogens with one attached hydrogen (secondary N) is 1. The average Bonchev–Trinajstić information content (AvgIpc) is 3.34. The van der Waals surface area contributed by atoms with Crippen LogP contribution in [0.3, 0.4) is 0 Å². The standard InChI is InChI=1S/C34H35FN4O5/c1-6-43-33(42)44-28-20-38(31(40)23-12-14-24(35)15-13-23)21-34(2,3)29-26-18-25(16-17-27(26)36-30(28)29)39(32(41)37(4)5)19-22-10-8-7-9-11-22/h7-18,20,36H,6,19,21H2,1-5H3. The molecule has 0 fully saturated rings. The molecule has 0 atom stereocenters. The first-order valence-electron chi connectivity index (χ1n) is 14.3. The van der Waals surface area contributed by atoms with E-state index in [9.17, 15) is 18.8 Å². The van der Waals surface area contributed by atoms with Gasteiger partial charge in [-0.2, -0.15) is 0 Å². The van der Waals surface area contributed by atoms with Crippen LogP contribution in [0.1, 0.15) is 48.0 Å². The number of anilines is 1. The number of H-pyrrole nitrogens is 1. The molecule has 0 bridgehead atoms. The Balaban J connectivity index is 1.64. The zero-order chi connectivity index (χ0) is 31.6. The first-order valence-corrected chi connectivity index (χ1v) is 14.3. The van der Waals surface area contributed by atoms with E-state index in [0.29, 0.717) is 17.9 Å². The minimum atomic E-state index is -0.913. The molecule has 0 saturated carbocycles. The summed E-state index contributed by atoms with van der Waals surface area (Å²) >= 11 is 0. The monoisotopic (exact) mass is 598 g/mol. The van der Waals surface area contributed by atoms with E-state index in [4.69, 9.17) is 9.47 Å². The van der Waals surface area contributed by atoms with Crippen molar-refractivity contribution in [3.05, 3.63) is 107 Å². The number of ether oxygens (including phenoxy) is 2. The fourth-order valence-electron chi connectivity index (χ4n) is 5.47. The third kappa shape index (κ3) is 6.15. The molecule has 4 aromatic rings. The number of carbonyl (C=O) groups is 3. The fraction of sp³-hybridized carbons (Fsp3) is 0.265. The molecule has 1 N–H and O–H groups in total. The molecular weight excluding hydrogens is 563 g/mol. The molecule has 10 heteroatoms. The van der Waals surface area contributed by atoms with Crippen molar-refractivity contribution in [2.24, 2.45) is 0 Å². The number of carbonyl (C=O) groups excluding carboxylic acids is 3. The summed E-state index contributed by atoms with van der Waals surface area (Å²) in [6.07, 6.45) is 0.563. The average molecular weight is 599 g/mol. The summed E-state index contributed by atoms with van der Waals surface area (Å²) in [5.41, 5.74) is 3.34. The second-order valence-corrected chi connectivity index (χ2v) is 11.5. The molecule has 228 valence electrons. The molecule has 0 unspecified atom stereocenters. The maximum Gasteiger partial charge on any atom is 0.513 e. The molecule has 1 aliphatic heterocycles. The SMILES string of the molecule is CCOC(=O)OC1=CN(C(=O)c2ccc(F)cc2)CC(C)(C)c2c1[nH]c1ccc(N(Cc3ccccc3)C(=O)N(C)C)cc21. The Hall–Kier alpha value is -5.12. The highest BCUT2D eigenvalue weighted by atomic mass is 19.1. The molecule has 0 radical (unpaired) electrons. The van der Waals surface area contributed by atoms with Crippen molar-refractivity contribution in [3.8, 4) is 0 Å². The van der Waals surface area contributed by atoms with E-state index in [2.05, 4.69) is 4.98 Å². The summed E-state index contributed by atoms with van der Waals surface area (Å²) in [4.78, 5) is 47.7. The first-order chi connectivity index (χ1) is 21.0. The summed E-state index contributed by atoms with van der Waals surface area (Å²) < 4.78 is 24.3. The van der Waals surface area contributed by atoms with Crippen LogP contribution < -0.4 is 4.90 Å². The summed E-state index contributed by atoms with van der Waals surface area (Å²) in [7, 11) is 3.42. The third-order valence-electron chi connectivity index (χ3n) is 7.46. The number of rotatable bonds is 6. The van der Waals surface area contributed by atoms with E-state index < -0.39 is 17.4 Å². The largest absolute Gasteiger partial charge is 0.513 e. The Morgan fingerprint density at radius 1 is 1.00 bits per heavy atom. The Kier molecular flexibility index (Phi) is 8.44. The van der Waals surface area contributed by atoms with Crippen molar-refractivity contribution in [1.82, 2.24) is 14.8 Å². The lowest BCUT2D eigenvalue weighted by atomic mass is 9.82. The Bertz CT molecular complexity index is 1730. The molecule has 1 aliphatic rings. The molecule has 2 heterocycles. The van der Waals surface area contributed by atoms with Crippen LogP contribution in [-0.4, -0.2) is 60.1 Å². The van der Waals surface area contributed by atoms with Gasteiger partial charge in [-0.15, -0.1) is 0 Å². The lowest BCUT2D eigenvalue weighted by Crippen LogP contribution is -2.39. The Morgan fingerprint density at radius 3 is 2.36 bits per heavy atom. The fourth-order valence-corrected chi connectivity index (χ4v) is 5.47. The van der Waals surface area contributed by atoms with Gasteiger partial charge in [-0.3, -0.25) is 9.69 Å². The number of aromatic nitrogens is 1. The van der Waals surface area contributed by atoms with Gasteiger partial charge >= 0.3 is 12.2 Å². The van der Waals surface area contributed by atoms with Crippen LogP contribution in [0.5, 0.6) is 0 Å². The maximum absolute atomic E-state index is 13.6. The van der Waals surface area contributed by atoms with Gasteiger partial charge in [0.15, 0.2) is 5.76 Å². The van der Waals surface area contributed by atoms with Crippen LogP contribution in [-0.2, 0) is 21.4 Å². The number of urea groups is 1. The van der Waals surface area contributed by atoms with Crippen LogP contribution in [0.2, 0.25) is 0 Å². The minimum Gasteiger partial charge on any atom is -0.434 e. The van der Waals surface area contributed by atoms with Crippen molar-refractivity contribution >= 4 is 40.4 Å². The lowest BCUT2D eigenvalue weighted by molar-refractivity contribution is 0.0788. The van der Waals surface area contributed by atoms with Gasteiger partial charge in [-0.1, -0.05) is 44.2 Å². The number of nitrogens with zero attached hydrogens (tertiary/aromatic N) is 3. The molecule has 44 heavy (non-hydrogen) atoms. The quantitative estimate of drug-likeness (QED) is 0.244. The van der Waals surface area contributed by atoms with E-state index in [1.54, 1.807) is 25.9 Å². The molecule has 3 amide bonds. The van der Waals surface area contributed by atoms with Crippen molar-refractivity contribution in [1.29, 1.82) is 0 Å². The van der Waals surface area contributed by atoms with Crippen LogP contribution in [0.4, 0.5) is 19.7 Å². The van der Waals surface area contributed by atoms with Crippen LogP contribution in [0.15, 0.2) is 79.0 Å². The molecule has 9 nitrogen and oxygen atoms in total.